The zero-order valence-corrected chi connectivity index (χ0v) is 22.0. The number of unbranched alkanes of at least 4 members (excludes halogenated alkanes) is 1. The van der Waals surface area contributed by atoms with Gasteiger partial charge in [-0.05, 0) is 67.6 Å². The molecular formula is C26H36FN3O4S. The van der Waals surface area contributed by atoms with Crippen LogP contribution in [0.15, 0.2) is 42.5 Å². The topological polar surface area (TPSA) is 86.8 Å². The normalized spacial score (nSPS) is 12.2. The van der Waals surface area contributed by atoms with Crippen LogP contribution in [0.5, 0.6) is 0 Å². The predicted molar refractivity (Wildman–Crippen MR) is 137 cm³/mol. The number of carbonyl (C=O) groups excluding carboxylic acids is 2. The van der Waals surface area contributed by atoms with Crippen molar-refractivity contribution in [3.63, 3.8) is 0 Å². The van der Waals surface area contributed by atoms with E-state index >= 15 is 0 Å². The maximum atomic E-state index is 13.6. The van der Waals surface area contributed by atoms with Crippen molar-refractivity contribution >= 4 is 27.5 Å². The summed E-state index contributed by atoms with van der Waals surface area (Å²) in [6.07, 6.45) is 3.11. The van der Waals surface area contributed by atoms with Crippen LogP contribution in [-0.2, 0) is 26.2 Å². The van der Waals surface area contributed by atoms with Crippen molar-refractivity contribution in [3.8, 4) is 0 Å². The molecule has 0 aliphatic rings. The number of nitrogens with one attached hydrogen (secondary N) is 1. The van der Waals surface area contributed by atoms with Gasteiger partial charge in [-0.15, -0.1) is 0 Å². The van der Waals surface area contributed by atoms with Crippen molar-refractivity contribution in [2.45, 2.75) is 59.5 Å². The van der Waals surface area contributed by atoms with Gasteiger partial charge >= 0.3 is 0 Å². The van der Waals surface area contributed by atoms with Crippen LogP contribution in [0.4, 0.5) is 10.1 Å². The van der Waals surface area contributed by atoms with E-state index in [1.165, 1.54) is 17.0 Å². The van der Waals surface area contributed by atoms with Gasteiger partial charge in [-0.1, -0.05) is 38.5 Å². The molecule has 0 aromatic heterocycles. The third kappa shape index (κ3) is 8.06. The van der Waals surface area contributed by atoms with Crippen molar-refractivity contribution < 1.29 is 22.4 Å². The zero-order valence-electron chi connectivity index (χ0n) is 21.2. The molecule has 9 heteroatoms. The molecule has 2 amide bonds. The van der Waals surface area contributed by atoms with Crippen LogP contribution >= 0.6 is 0 Å². The first-order valence-corrected chi connectivity index (χ1v) is 13.7. The average molecular weight is 506 g/mol. The van der Waals surface area contributed by atoms with Gasteiger partial charge in [0.1, 0.15) is 18.4 Å². The number of rotatable bonds is 12. The van der Waals surface area contributed by atoms with Crippen LogP contribution in [0.2, 0.25) is 0 Å². The lowest BCUT2D eigenvalue weighted by molar-refractivity contribution is -0.140. The van der Waals surface area contributed by atoms with E-state index in [1.54, 1.807) is 37.3 Å². The Morgan fingerprint density at radius 2 is 1.69 bits per heavy atom. The van der Waals surface area contributed by atoms with E-state index in [0.717, 1.165) is 34.5 Å². The molecule has 2 rings (SSSR count). The molecule has 0 spiro atoms. The summed E-state index contributed by atoms with van der Waals surface area (Å²) in [6, 6.07) is 10.1. The van der Waals surface area contributed by atoms with Gasteiger partial charge in [0.2, 0.25) is 21.8 Å². The molecule has 0 radical (unpaired) electrons. The average Bonchev–Trinajstić information content (AvgIpc) is 2.80. The fraction of sp³-hybridized carbons (Fsp3) is 0.462. The summed E-state index contributed by atoms with van der Waals surface area (Å²) in [4.78, 5) is 28.0. The summed E-state index contributed by atoms with van der Waals surface area (Å²) in [7, 11) is -3.79. The lowest BCUT2D eigenvalue weighted by atomic mass is 10.1. The number of nitrogens with zero attached hydrogens (tertiary/aromatic N) is 2. The van der Waals surface area contributed by atoms with Gasteiger partial charge < -0.3 is 10.2 Å². The van der Waals surface area contributed by atoms with Crippen molar-refractivity contribution in [1.82, 2.24) is 10.2 Å². The van der Waals surface area contributed by atoms with Crippen LogP contribution in [0.3, 0.4) is 0 Å². The zero-order chi connectivity index (χ0) is 26.2. The number of halogens is 1. The molecule has 0 aliphatic heterocycles. The molecule has 1 atom stereocenters. The summed E-state index contributed by atoms with van der Waals surface area (Å²) in [6.45, 7) is 7.68. The van der Waals surface area contributed by atoms with Crippen LogP contribution in [-0.4, -0.2) is 50.5 Å². The van der Waals surface area contributed by atoms with Gasteiger partial charge in [0.15, 0.2) is 0 Å². The number of hydrogen-bond donors (Lipinski definition) is 1. The quantitative estimate of drug-likeness (QED) is 0.443. The fourth-order valence-corrected chi connectivity index (χ4v) is 4.55. The Morgan fingerprint density at radius 3 is 2.23 bits per heavy atom. The smallest absolute Gasteiger partial charge is 0.244 e. The van der Waals surface area contributed by atoms with Crippen LogP contribution < -0.4 is 9.62 Å². The van der Waals surface area contributed by atoms with E-state index in [-0.39, 0.29) is 12.5 Å². The number of amides is 2. The molecule has 0 aliphatic carbocycles. The van der Waals surface area contributed by atoms with E-state index in [0.29, 0.717) is 24.2 Å². The van der Waals surface area contributed by atoms with E-state index in [4.69, 9.17) is 0 Å². The number of sulfonamides is 1. The Morgan fingerprint density at radius 1 is 1.03 bits per heavy atom. The van der Waals surface area contributed by atoms with Gasteiger partial charge in [-0.3, -0.25) is 13.9 Å². The highest BCUT2D eigenvalue weighted by Crippen LogP contribution is 2.22. The first kappa shape index (κ1) is 28.3. The van der Waals surface area contributed by atoms with Crippen molar-refractivity contribution in [1.29, 1.82) is 0 Å². The number of anilines is 1. The Hall–Kier alpha value is -2.94. The second-order valence-corrected chi connectivity index (χ2v) is 10.7. The molecule has 0 fully saturated rings. The van der Waals surface area contributed by atoms with E-state index in [1.807, 2.05) is 20.8 Å². The summed E-state index contributed by atoms with van der Waals surface area (Å²) in [5.41, 5.74) is 2.91. The molecule has 0 saturated carbocycles. The lowest BCUT2D eigenvalue weighted by Gasteiger charge is -2.33. The first-order chi connectivity index (χ1) is 16.5. The monoisotopic (exact) mass is 505 g/mol. The highest BCUT2D eigenvalue weighted by atomic mass is 32.2. The summed E-state index contributed by atoms with van der Waals surface area (Å²) in [5.74, 6) is -1.22. The number of aryl methyl sites for hydroxylation is 2. The largest absolute Gasteiger partial charge is 0.354 e. The lowest BCUT2D eigenvalue weighted by Crippen LogP contribution is -2.52. The third-order valence-electron chi connectivity index (χ3n) is 5.94. The van der Waals surface area contributed by atoms with Gasteiger partial charge in [0.05, 0.1) is 11.9 Å². The summed E-state index contributed by atoms with van der Waals surface area (Å²) < 4.78 is 39.8. The highest BCUT2D eigenvalue weighted by Gasteiger charge is 2.31. The molecule has 192 valence electrons. The second-order valence-electron chi connectivity index (χ2n) is 8.75. The molecule has 2 aromatic carbocycles. The second kappa shape index (κ2) is 12.7. The van der Waals surface area contributed by atoms with E-state index < -0.39 is 34.3 Å². The molecule has 0 bridgehead atoms. The number of benzene rings is 2. The minimum Gasteiger partial charge on any atom is -0.354 e. The Bertz CT molecular complexity index is 1120. The van der Waals surface area contributed by atoms with E-state index in [9.17, 15) is 22.4 Å². The Labute approximate surface area is 208 Å². The summed E-state index contributed by atoms with van der Waals surface area (Å²) >= 11 is 0. The molecule has 2 aromatic rings. The molecule has 0 heterocycles. The first-order valence-electron chi connectivity index (χ1n) is 11.8. The van der Waals surface area contributed by atoms with Crippen molar-refractivity contribution in [2.24, 2.45) is 0 Å². The van der Waals surface area contributed by atoms with Crippen LogP contribution in [0.1, 0.15) is 49.8 Å². The maximum Gasteiger partial charge on any atom is 0.244 e. The minimum atomic E-state index is -3.79. The van der Waals surface area contributed by atoms with Gasteiger partial charge in [0, 0.05) is 13.1 Å². The molecule has 7 nitrogen and oxygen atoms in total. The number of hydrogen-bond acceptors (Lipinski definition) is 4. The molecular weight excluding hydrogens is 469 g/mol. The van der Waals surface area contributed by atoms with E-state index in [2.05, 4.69) is 5.32 Å². The highest BCUT2D eigenvalue weighted by molar-refractivity contribution is 7.92. The Balaban J connectivity index is 2.41. The fourth-order valence-electron chi connectivity index (χ4n) is 3.71. The third-order valence-corrected chi connectivity index (χ3v) is 7.08. The van der Waals surface area contributed by atoms with Gasteiger partial charge in [-0.25, -0.2) is 12.8 Å². The SMILES string of the molecule is CCCCNC(=O)C(CC)N(Cc1ccc(F)cc1)C(=O)CN(c1ccc(C)c(C)c1)S(C)(=O)=O. The van der Waals surface area contributed by atoms with Crippen LogP contribution in [0, 0.1) is 19.7 Å². The Kier molecular flexibility index (Phi) is 10.2. The predicted octanol–water partition coefficient (Wildman–Crippen LogP) is 3.93. The van der Waals surface area contributed by atoms with Crippen molar-refractivity contribution in [3.05, 3.63) is 65.0 Å². The number of carbonyl (C=O) groups is 2. The summed E-state index contributed by atoms with van der Waals surface area (Å²) in [5, 5.41) is 2.87. The maximum absolute atomic E-state index is 13.6. The van der Waals surface area contributed by atoms with Crippen LogP contribution in [0.25, 0.3) is 0 Å². The molecule has 1 N–H and O–H groups in total. The van der Waals surface area contributed by atoms with Gasteiger partial charge in [-0.2, -0.15) is 0 Å². The molecule has 35 heavy (non-hydrogen) atoms. The van der Waals surface area contributed by atoms with Crippen molar-refractivity contribution in [2.75, 3.05) is 23.7 Å². The standard InChI is InChI=1S/C26H36FN3O4S/c1-6-8-15-28-26(32)24(7-2)29(17-21-10-12-22(27)13-11-21)25(31)18-30(35(5,33)34)23-14-9-19(3)20(4)16-23/h9-14,16,24H,6-8,15,17-18H2,1-5H3,(H,28,32). The van der Waals surface area contributed by atoms with Gasteiger partial charge in [0.25, 0.3) is 0 Å². The molecule has 0 saturated heterocycles. The minimum absolute atomic E-state index is 0.0450. The molecule has 1 unspecified atom stereocenters.